The minimum atomic E-state index is -0.361. The Morgan fingerprint density at radius 3 is 2.32 bits per heavy atom. The van der Waals surface area contributed by atoms with Crippen LogP contribution in [0, 0.1) is 0 Å². The van der Waals surface area contributed by atoms with E-state index in [9.17, 15) is 0 Å². The molecule has 0 radical (unpaired) electrons. The Balaban J connectivity index is 1.76. The molecule has 2 aromatic carbocycles. The first-order valence-electron chi connectivity index (χ1n) is 8.67. The van der Waals surface area contributed by atoms with Crippen LogP contribution in [0.5, 0.6) is 0 Å². The maximum absolute atomic E-state index is 6.19. The zero-order valence-electron chi connectivity index (χ0n) is 15.1. The van der Waals surface area contributed by atoms with E-state index in [2.05, 4.69) is 63.0 Å². The third-order valence-electron chi connectivity index (χ3n) is 5.36. The molecule has 1 saturated heterocycles. The largest absolute Gasteiger partial charge is 0.494 e. The number of hydrogen-bond acceptors (Lipinski definition) is 3. The Hall–Kier alpha value is -2.17. The van der Waals surface area contributed by atoms with Crippen LogP contribution in [0.15, 0.2) is 60.8 Å². The van der Waals surface area contributed by atoms with Gasteiger partial charge >= 0.3 is 7.12 Å². The lowest BCUT2D eigenvalue weighted by atomic mass is 9.78. The lowest BCUT2D eigenvalue weighted by Gasteiger charge is -2.32. The SMILES string of the molecule is CC1(C)OB(c2cccc(-c3nccc4ccccc34)c2)OC1(C)C. The van der Waals surface area contributed by atoms with Crippen LogP contribution >= 0.6 is 0 Å². The van der Waals surface area contributed by atoms with Crippen LogP contribution in [-0.2, 0) is 9.31 Å². The van der Waals surface area contributed by atoms with Crippen LogP contribution in [0.2, 0.25) is 0 Å². The number of aromatic nitrogens is 1. The van der Waals surface area contributed by atoms with Gasteiger partial charge in [-0.25, -0.2) is 0 Å². The second kappa shape index (κ2) is 5.68. The van der Waals surface area contributed by atoms with Gasteiger partial charge in [0.15, 0.2) is 0 Å². The van der Waals surface area contributed by atoms with Crippen LogP contribution in [0.1, 0.15) is 27.7 Å². The standard InChI is InChI=1S/C21H22BNO2/c1-20(2)21(3,4)25-22(24-20)17-10-7-9-16(14-17)19-18-11-6-5-8-15(18)12-13-23-19/h5-14H,1-4H3. The van der Waals surface area contributed by atoms with E-state index in [4.69, 9.17) is 9.31 Å². The zero-order chi connectivity index (χ0) is 17.7. The minimum absolute atomic E-state index is 0.342. The van der Waals surface area contributed by atoms with E-state index in [-0.39, 0.29) is 18.3 Å². The fourth-order valence-corrected chi connectivity index (χ4v) is 3.16. The van der Waals surface area contributed by atoms with Crippen LogP contribution in [-0.4, -0.2) is 23.3 Å². The summed E-state index contributed by atoms with van der Waals surface area (Å²) in [6.45, 7) is 8.29. The number of fused-ring (bicyclic) bond motifs is 1. The van der Waals surface area contributed by atoms with Crippen molar-refractivity contribution in [3.63, 3.8) is 0 Å². The van der Waals surface area contributed by atoms with Gasteiger partial charge in [0.05, 0.1) is 16.9 Å². The normalized spacial score (nSPS) is 18.6. The van der Waals surface area contributed by atoms with E-state index in [0.717, 1.165) is 22.1 Å². The molecule has 0 aliphatic carbocycles. The summed E-state index contributed by atoms with van der Waals surface area (Å²) >= 11 is 0. The molecule has 0 saturated carbocycles. The topological polar surface area (TPSA) is 31.4 Å². The summed E-state index contributed by atoms with van der Waals surface area (Å²) in [7, 11) is -0.361. The molecule has 0 unspecified atom stereocenters. The van der Waals surface area contributed by atoms with E-state index in [1.165, 1.54) is 5.39 Å². The highest BCUT2D eigenvalue weighted by Gasteiger charge is 2.51. The lowest BCUT2D eigenvalue weighted by molar-refractivity contribution is 0.00578. The Morgan fingerprint density at radius 1 is 0.840 bits per heavy atom. The van der Waals surface area contributed by atoms with Crippen molar-refractivity contribution in [1.29, 1.82) is 0 Å². The first-order valence-corrected chi connectivity index (χ1v) is 8.67. The number of pyridine rings is 1. The van der Waals surface area contributed by atoms with E-state index < -0.39 is 0 Å². The predicted molar refractivity (Wildman–Crippen MR) is 103 cm³/mol. The van der Waals surface area contributed by atoms with Crippen LogP contribution < -0.4 is 5.46 Å². The van der Waals surface area contributed by atoms with E-state index in [0.29, 0.717) is 0 Å². The van der Waals surface area contributed by atoms with Gasteiger partial charge in [0, 0.05) is 17.1 Å². The average Bonchev–Trinajstić information content (AvgIpc) is 2.82. The van der Waals surface area contributed by atoms with Gasteiger partial charge < -0.3 is 9.31 Å². The fourth-order valence-electron chi connectivity index (χ4n) is 3.16. The van der Waals surface area contributed by atoms with Gasteiger partial charge in [0.25, 0.3) is 0 Å². The molecule has 3 nitrogen and oxygen atoms in total. The molecule has 0 spiro atoms. The summed E-state index contributed by atoms with van der Waals surface area (Å²) in [5, 5.41) is 2.34. The van der Waals surface area contributed by atoms with Crippen molar-refractivity contribution in [2.75, 3.05) is 0 Å². The first-order chi connectivity index (χ1) is 11.9. The molecule has 4 rings (SSSR count). The Morgan fingerprint density at radius 2 is 1.56 bits per heavy atom. The summed E-state index contributed by atoms with van der Waals surface area (Å²) in [6, 6.07) is 18.7. The van der Waals surface area contributed by atoms with Gasteiger partial charge in [-0.2, -0.15) is 0 Å². The third-order valence-corrected chi connectivity index (χ3v) is 5.36. The number of nitrogens with zero attached hydrogens (tertiary/aromatic N) is 1. The van der Waals surface area contributed by atoms with Gasteiger partial charge in [0.1, 0.15) is 0 Å². The summed E-state index contributed by atoms with van der Waals surface area (Å²) in [5.41, 5.74) is 2.39. The quantitative estimate of drug-likeness (QED) is 0.660. The second-order valence-corrected chi connectivity index (χ2v) is 7.59. The van der Waals surface area contributed by atoms with Crippen molar-refractivity contribution in [2.45, 2.75) is 38.9 Å². The monoisotopic (exact) mass is 331 g/mol. The van der Waals surface area contributed by atoms with Gasteiger partial charge in [-0.3, -0.25) is 4.98 Å². The molecule has 0 atom stereocenters. The van der Waals surface area contributed by atoms with E-state index in [1.807, 2.05) is 30.5 Å². The van der Waals surface area contributed by atoms with Crippen LogP contribution in [0.4, 0.5) is 0 Å². The molecule has 3 aromatic rings. The zero-order valence-corrected chi connectivity index (χ0v) is 15.1. The first kappa shape index (κ1) is 16.3. The number of hydrogen-bond donors (Lipinski definition) is 0. The molecule has 2 heterocycles. The lowest BCUT2D eigenvalue weighted by Crippen LogP contribution is -2.41. The smallest absolute Gasteiger partial charge is 0.399 e. The molecule has 1 aromatic heterocycles. The van der Waals surface area contributed by atoms with Gasteiger partial charge in [-0.05, 0) is 44.6 Å². The molecule has 1 aliphatic rings. The van der Waals surface area contributed by atoms with Crippen LogP contribution in [0.25, 0.3) is 22.0 Å². The highest BCUT2D eigenvalue weighted by atomic mass is 16.7. The van der Waals surface area contributed by atoms with E-state index in [1.54, 1.807) is 0 Å². The van der Waals surface area contributed by atoms with Gasteiger partial charge in [-0.1, -0.05) is 48.5 Å². The summed E-state index contributed by atoms with van der Waals surface area (Å²) < 4.78 is 12.4. The molecule has 0 bridgehead atoms. The third kappa shape index (κ3) is 2.76. The second-order valence-electron chi connectivity index (χ2n) is 7.59. The van der Waals surface area contributed by atoms with Crippen molar-refractivity contribution in [3.05, 3.63) is 60.8 Å². The average molecular weight is 331 g/mol. The maximum atomic E-state index is 6.19. The van der Waals surface area contributed by atoms with Crippen molar-refractivity contribution < 1.29 is 9.31 Å². The molecule has 4 heteroatoms. The maximum Gasteiger partial charge on any atom is 0.494 e. The Bertz CT molecular complexity index is 915. The molecule has 0 amide bonds. The van der Waals surface area contributed by atoms with Crippen molar-refractivity contribution >= 4 is 23.4 Å². The van der Waals surface area contributed by atoms with Crippen LogP contribution in [0.3, 0.4) is 0 Å². The number of rotatable bonds is 2. The van der Waals surface area contributed by atoms with Gasteiger partial charge in [0.2, 0.25) is 0 Å². The molecule has 1 fully saturated rings. The number of benzene rings is 2. The Kier molecular flexibility index (Phi) is 3.71. The molecule has 126 valence electrons. The summed E-state index contributed by atoms with van der Waals surface area (Å²) in [5.74, 6) is 0. The summed E-state index contributed by atoms with van der Waals surface area (Å²) in [4.78, 5) is 4.62. The molecule has 1 aliphatic heterocycles. The minimum Gasteiger partial charge on any atom is -0.399 e. The molecule has 0 N–H and O–H groups in total. The van der Waals surface area contributed by atoms with Crippen molar-refractivity contribution in [1.82, 2.24) is 4.98 Å². The summed E-state index contributed by atoms with van der Waals surface area (Å²) in [6.07, 6.45) is 1.86. The van der Waals surface area contributed by atoms with E-state index >= 15 is 0 Å². The predicted octanol–water partition coefficient (Wildman–Crippen LogP) is 4.20. The van der Waals surface area contributed by atoms with Gasteiger partial charge in [-0.15, -0.1) is 0 Å². The molecular formula is C21H22BNO2. The van der Waals surface area contributed by atoms with Crippen molar-refractivity contribution in [3.8, 4) is 11.3 Å². The molecule has 25 heavy (non-hydrogen) atoms. The fraction of sp³-hybridized carbons (Fsp3) is 0.286. The van der Waals surface area contributed by atoms with Crippen molar-refractivity contribution in [2.24, 2.45) is 0 Å². The highest BCUT2D eigenvalue weighted by Crippen LogP contribution is 2.36. The highest BCUT2D eigenvalue weighted by molar-refractivity contribution is 6.62. The Labute approximate surface area is 149 Å². The molecular weight excluding hydrogens is 309 g/mol.